The number of aromatic nitrogens is 2. The predicted octanol–water partition coefficient (Wildman–Crippen LogP) is 1.66. The van der Waals surface area contributed by atoms with E-state index in [9.17, 15) is 0 Å². The number of rotatable bonds is 3. The number of aryl methyl sites for hydroxylation is 1. The summed E-state index contributed by atoms with van der Waals surface area (Å²) in [6.45, 7) is 3.49. The second-order valence-corrected chi connectivity index (χ2v) is 4.68. The third kappa shape index (κ3) is 3.17. The fraction of sp³-hybridized carbons (Fsp3) is 0.615. The fourth-order valence-corrected chi connectivity index (χ4v) is 2.12. The lowest BCUT2D eigenvalue weighted by atomic mass is 10.1. The third-order valence-electron chi connectivity index (χ3n) is 3.05. The highest BCUT2D eigenvalue weighted by Crippen LogP contribution is 2.16. The second-order valence-electron chi connectivity index (χ2n) is 4.68. The van der Waals surface area contributed by atoms with Gasteiger partial charge in [0.2, 0.25) is 5.95 Å². The van der Waals surface area contributed by atoms with Crippen LogP contribution in [0.3, 0.4) is 0 Å². The number of ether oxygens (including phenoxy) is 1. The first-order chi connectivity index (χ1) is 8.69. The fourth-order valence-electron chi connectivity index (χ4n) is 2.12. The van der Waals surface area contributed by atoms with Gasteiger partial charge in [-0.25, -0.2) is 9.97 Å². The molecule has 1 aliphatic heterocycles. The predicted molar refractivity (Wildman–Crippen MR) is 68.3 cm³/mol. The van der Waals surface area contributed by atoms with Gasteiger partial charge in [0.25, 0.3) is 0 Å². The largest absolute Gasteiger partial charge is 0.376 e. The second kappa shape index (κ2) is 5.78. The van der Waals surface area contributed by atoms with Crippen molar-refractivity contribution in [1.29, 1.82) is 5.26 Å². The van der Waals surface area contributed by atoms with Gasteiger partial charge in [0.05, 0.1) is 6.10 Å². The Bertz CT molecular complexity index is 449. The minimum atomic E-state index is 0.249. The molecule has 0 aliphatic carbocycles. The van der Waals surface area contributed by atoms with E-state index in [1.807, 2.05) is 18.9 Å². The first-order valence-corrected chi connectivity index (χ1v) is 6.27. The molecule has 1 aliphatic rings. The zero-order chi connectivity index (χ0) is 13.0. The third-order valence-corrected chi connectivity index (χ3v) is 3.05. The van der Waals surface area contributed by atoms with E-state index in [0.717, 1.165) is 31.7 Å². The van der Waals surface area contributed by atoms with Gasteiger partial charge in [0.1, 0.15) is 11.8 Å². The van der Waals surface area contributed by atoms with Crippen molar-refractivity contribution in [1.82, 2.24) is 9.97 Å². The Balaban J connectivity index is 2.05. The summed E-state index contributed by atoms with van der Waals surface area (Å²) in [5.41, 5.74) is 1.22. The smallest absolute Gasteiger partial charge is 0.226 e. The molecule has 0 amide bonds. The average Bonchev–Trinajstić information content (AvgIpc) is 2.39. The molecule has 0 radical (unpaired) electrons. The first kappa shape index (κ1) is 12.8. The van der Waals surface area contributed by atoms with E-state index in [2.05, 4.69) is 16.0 Å². The standard InChI is InChI=1S/C13H18N4O/c1-10-7-11(8-14)16-13(15-10)17(2)9-12-5-3-4-6-18-12/h7,12H,3-6,9H2,1-2H3. The first-order valence-electron chi connectivity index (χ1n) is 6.27. The van der Waals surface area contributed by atoms with Gasteiger partial charge in [-0.3, -0.25) is 0 Å². The molecule has 1 aromatic rings. The molecule has 1 aromatic heterocycles. The van der Waals surface area contributed by atoms with Crippen LogP contribution in [0.1, 0.15) is 30.7 Å². The van der Waals surface area contributed by atoms with Gasteiger partial charge in [0, 0.05) is 25.9 Å². The lowest BCUT2D eigenvalue weighted by Gasteiger charge is -2.27. The summed E-state index contributed by atoms with van der Waals surface area (Å²) in [6, 6.07) is 3.75. The van der Waals surface area contributed by atoms with Crippen molar-refractivity contribution in [2.45, 2.75) is 32.3 Å². The van der Waals surface area contributed by atoms with Crippen LogP contribution in [0.25, 0.3) is 0 Å². The van der Waals surface area contributed by atoms with Crippen LogP contribution in [0, 0.1) is 18.3 Å². The molecule has 2 rings (SSSR count). The average molecular weight is 246 g/mol. The van der Waals surface area contributed by atoms with Crippen molar-refractivity contribution >= 4 is 5.95 Å². The van der Waals surface area contributed by atoms with E-state index in [1.54, 1.807) is 6.07 Å². The van der Waals surface area contributed by atoms with Crippen LogP contribution in [0.5, 0.6) is 0 Å². The zero-order valence-electron chi connectivity index (χ0n) is 10.9. The summed E-state index contributed by atoms with van der Waals surface area (Å²) < 4.78 is 5.69. The molecule has 5 heteroatoms. The van der Waals surface area contributed by atoms with Crippen molar-refractivity contribution in [2.75, 3.05) is 25.1 Å². The van der Waals surface area contributed by atoms with Crippen molar-refractivity contribution in [3.8, 4) is 6.07 Å². The van der Waals surface area contributed by atoms with Gasteiger partial charge in [-0.1, -0.05) is 0 Å². The molecule has 0 spiro atoms. The van der Waals surface area contributed by atoms with Crippen LogP contribution in [-0.4, -0.2) is 36.3 Å². The molecule has 1 saturated heterocycles. The summed E-state index contributed by atoms with van der Waals surface area (Å²) in [5.74, 6) is 0.598. The minimum Gasteiger partial charge on any atom is -0.376 e. The molecule has 1 unspecified atom stereocenters. The Morgan fingerprint density at radius 2 is 2.33 bits per heavy atom. The SMILES string of the molecule is Cc1cc(C#N)nc(N(C)CC2CCCCO2)n1. The Morgan fingerprint density at radius 3 is 3.00 bits per heavy atom. The van der Waals surface area contributed by atoms with Crippen LogP contribution >= 0.6 is 0 Å². The minimum absolute atomic E-state index is 0.249. The lowest BCUT2D eigenvalue weighted by molar-refractivity contribution is 0.0214. The maximum atomic E-state index is 8.91. The quantitative estimate of drug-likeness (QED) is 0.811. The van der Waals surface area contributed by atoms with Crippen molar-refractivity contribution in [2.24, 2.45) is 0 Å². The van der Waals surface area contributed by atoms with Crippen LogP contribution in [0.4, 0.5) is 5.95 Å². The van der Waals surface area contributed by atoms with E-state index < -0.39 is 0 Å². The summed E-state index contributed by atoms with van der Waals surface area (Å²) in [4.78, 5) is 10.5. The number of nitrogens with zero attached hydrogens (tertiary/aromatic N) is 4. The monoisotopic (exact) mass is 246 g/mol. The Kier molecular flexibility index (Phi) is 4.11. The number of hydrogen-bond acceptors (Lipinski definition) is 5. The Hall–Kier alpha value is -1.67. The van der Waals surface area contributed by atoms with E-state index >= 15 is 0 Å². The van der Waals surface area contributed by atoms with Crippen molar-refractivity contribution in [3.63, 3.8) is 0 Å². The van der Waals surface area contributed by atoms with Gasteiger partial charge in [-0.15, -0.1) is 0 Å². The highest BCUT2D eigenvalue weighted by Gasteiger charge is 2.17. The molecule has 18 heavy (non-hydrogen) atoms. The highest BCUT2D eigenvalue weighted by molar-refractivity contribution is 5.35. The molecule has 1 atom stereocenters. The van der Waals surface area contributed by atoms with Gasteiger partial charge < -0.3 is 9.64 Å². The van der Waals surface area contributed by atoms with E-state index in [1.165, 1.54) is 6.42 Å². The molecule has 0 aromatic carbocycles. The number of anilines is 1. The topological polar surface area (TPSA) is 62.0 Å². The molecule has 96 valence electrons. The Labute approximate surface area is 107 Å². The maximum Gasteiger partial charge on any atom is 0.226 e. The lowest BCUT2D eigenvalue weighted by Crippen LogP contribution is -2.34. The van der Waals surface area contributed by atoms with E-state index in [-0.39, 0.29) is 6.10 Å². The molecule has 5 nitrogen and oxygen atoms in total. The van der Waals surface area contributed by atoms with E-state index in [4.69, 9.17) is 10.00 Å². The Morgan fingerprint density at radius 1 is 1.50 bits per heavy atom. The number of likely N-dealkylation sites (N-methyl/N-ethyl adjacent to an activating group) is 1. The number of nitriles is 1. The summed E-state index contributed by atoms with van der Waals surface area (Å²) in [6.07, 6.45) is 3.70. The van der Waals surface area contributed by atoms with Crippen molar-refractivity contribution in [3.05, 3.63) is 17.5 Å². The molecule has 1 fully saturated rings. The molecule has 0 saturated carbocycles. The van der Waals surface area contributed by atoms with Crippen LogP contribution in [-0.2, 0) is 4.74 Å². The maximum absolute atomic E-state index is 8.91. The van der Waals surface area contributed by atoms with Gasteiger partial charge >= 0.3 is 0 Å². The van der Waals surface area contributed by atoms with Crippen LogP contribution in [0.15, 0.2) is 6.07 Å². The normalized spacial score (nSPS) is 19.3. The van der Waals surface area contributed by atoms with Gasteiger partial charge in [-0.2, -0.15) is 5.26 Å². The summed E-state index contributed by atoms with van der Waals surface area (Å²) in [7, 11) is 1.94. The van der Waals surface area contributed by atoms with Gasteiger partial charge in [-0.05, 0) is 32.3 Å². The molecule has 2 heterocycles. The highest BCUT2D eigenvalue weighted by atomic mass is 16.5. The zero-order valence-corrected chi connectivity index (χ0v) is 10.9. The number of hydrogen-bond donors (Lipinski definition) is 0. The molecular weight excluding hydrogens is 228 g/mol. The van der Waals surface area contributed by atoms with E-state index in [0.29, 0.717) is 11.6 Å². The molecular formula is C13H18N4O. The summed E-state index contributed by atoms with van der Waals surface area (Å²) in [5, 5.41) is 8.91. The molecule has 0 N–H and O–H groups in total. The van der Waals surface area contributed by atoms with Gasteiger partial charge in [0.15, 0.2) is 0 Å². The van der Waals surface area contributed by atoms with Crippen LogP contribution in [0.2, 0.25) is 0 Å². The summed E-state index contributed by atoms with van der Waals surface area (Å²) >= 11 is 0. The van der Waals surface area contributed by atoms with Crippen molar-refractivity contribution < 1.29 is 4.74 Å². The van der Waals surface area contributed by atoms with Crippen LogP contribution < -0.4 is 4.90 Å². The molecule has 0 bridgehead atoms.